The molecule has 25 heavy (non-hydrogen) atoms. The Bertz CT molecular complexity index is 834. The summed E-state index contributed by atoms with van der Waals surface area (Å²) in [4.78, 5) is 18.6. The fourth-order valence-electron chi connectivity index (χ4n) is 2.85. The number of hydrogen-bond donors (Lipinski definition) is 1. The van der Waals surface area contributed by atoms with Crippen molar-refractivity contribution in [1.29, 1.82) is 0 Å². The van der Waals surface area contributed by atoms with Crippen LogP contribution in [-0.2, 0) is 6.42 Å². The van der Waals surface area contributed by atoms with Crippen molar-refractivity contribution in [3.05, 3.63) is 69.9 Å². The van der Waals surface area contributed by atoms with Gasteiger partial charge in [0.15, 0.2) is 0 Å². The Labute approximate surface area is 152 Å². The van der Waals surface area contributed by atoms with Crippen molar-refractivity contribution in [3.63, 3.8) is 0 Å². The Hall–Kier alpha value is -2.40. The van der Waals surface area contributed by atoms with Crippen LogP contribution in [0.3, 0.4) is 0 Å². The van der Waals surface area contributed by atoms with E-state index in [0.717, 1.165) is 29.0 Å². The Morgan fingerprint density at radius 1 is 1.32 bits per heavy atom. The van der Waals surface area contributed by atoms with E-state index < -0.39 is 0 Å². The number of nitrogens with one attached hydrogen (secondary N) is 1. The summed E-state index contributed by atoms with van der Waals surface area (Å²) in [6.45, 7) is 6.26. The van der Waals surface area contributed by atoms with E-state index in [2.05, 4.69) is 24.1 Å². The smallest absolute Gasteiger partial charge is 0.261 e. The van der Waals surface area contributed by atoms with Crippen molar-refractivity contribution in [1.82, 2.24) is 14.9 Å². The van der Waals surface area contributed by atoms with Crippen molar-refractivity contribution in [2.45, 2.75) is 39.7 Å². The molecule has 5 heteroatoms. The maximum absolute atomic E-state index is 12.5. The van der Waals surface area contributed by atoms with Crippen LogP contribution in [0.1, 0.15) is 52.0 Å². The molecule has 4 nitrogen and oxygen atoms in total. The van der Waals surface area contributed by atoms with Crippen LogP contribution >= 0.6 is 11.3 Å². The largest absolute Gasteiger partial charge is 0.345 e. The van der Waals surface area contributed by atoms with E-state index in [1.54, 1.807) is 23.9 Å². The van der Waals surface area contributed by atoms with E-state index >= 15 is 0 Å². The van der Waals surface area contributed by atoms with Gasteiger partial charge in [0, 0.05) is 23.0 Å². The number of aromatic nitrogens is 2. The highest BCUT2D eigenvalue weighted by Crippen LogP contribution is 2.24. The zero-order valence-corrected chi connectivity index (χ0v) is 15.6. The first-order valence-corrected chi connectivity index (χ1v) is 9.38. The third-order valence-electron chi connectivity index (χ3n) is 4.31. The third-order valence-corrected chi connectivity index (χ3v) is 5.40. The standard InChI is InChI=1S/C20H23N3OS/c1-4-5-17-12-19(25-15(17)3)20(24)22-14(2)16-6-8-18(9-7-16)23-11-10-21-13-23/h6-14H,4-5H2,1-3H3,(H,22,24). The maximum Gasteiger partial charge on any atom is 0.261 e. The molecule has 0 bridgehead atoms. The van der Waals surface area contributed by atoms with Gasteiger partial charge in [-0.05, 0) is 49.6 Å². The van der Waals surface area contributed by atoms with Gasteiger partial charge in [-0.1, -0.05) is 25.5 Å². The fraction of sp³-hybridized carbons (Fsp3) is 0.300. The van der Waals surface area contributed by atoms with Crippen molar-refractivity contribution in [3.8, 4) is 5.69 Å². The zero-order valence-electron chi connectivity index (χ0n) is 14.8. The lowest BCUT2D eigenvalue weighted by atomic mass is 10.1. The number of hydrogen-bond acceptors (Lipinski definition) is 3. The molecule has 130 valence electrons. The molecule has 0 fully saturated rings. The summed E-state index contributed by atoms with van der Waals surface area (Å²) in [5, 5.41) is 3.10. The van der Waals surface area contributed by atoms with Gasteiger partial charge in [-0.3, -0.25) is 4.79 Å². The number of rotatable bonds is 6. The topological polar surface area (TPSA) is 46.9 Å². The SMILES string of the molecule is CCCc1cc(C(=O)NC(C)c2ccc(-n3ccnc3)cc2)sc1C. The van der Waals surface area contributed by atoms with Crippen LogP contribution in [-0.4, -0.2) is 15.5 Å². The number of carbonyl (C=O) groups is 1. The normalized spacial score (nSPS) is 12.1. The average molecular weight is 353 g/mol. The lowest BCUT2D eigenvalue weighted by molar-refractivity contribution is 0.0944. The van der Waals surface area contributed by atoms with E-state index in [-0.39, 0.29) is 11.9 Å². The highest BCUT2D eigenvalue weighted by Gasteiger charge is 2.15. The number of amides is 1. The summed E-state index contributed by atoms with van der Waals surface area (Å²) < 4.78 is 1.96. The number of nitrogens with zero attached hydrogens (tertiary/aromatic N) is 2. The van der Waals surface area contributed by atoms with Crippen LogP contribution in [0, 0.1) is 6.92 Å². The van der Waals surface area contributed by atoms with E-state index in [4.69, 9.17) is 0 Å². The minimum Gasteiger partial charge on any atom is -0.345 e. The Kier molecular flexibility index (Phi) is 5.34. The second-order valence-electron chi connectivity index (χ2n) is 6.20. The first kappa shape index (κ1) is 17.4. The van der Waals surface area contributed by atoms with Crippen LogP contribution < -0.4 is 5.32 Å². The number of imidazole rings is 1. The molecule has 0 aliphatic heterocycles. The zero-order chi connectivity index (χ0) is 17.8. The van der Waals surface area contributed by atoms with Gasteiger partial charge in [0.1, 0.15) is 0 Å². The number of benzene rings is 1. The molecule has 1 amide bonds. The Morgan fingerprint density at radius 3 is 2.72 bits per heavy atom. The van der Waals surface area contributed by atoms with Crippen LogP contribution in [0.2, 0.25) is 0 Å². The van der Waals surface area contributed by atoms with Gasteiger partial charge in [0.2, 0.25) is 0 Å². The summed E-state index contributed by atoms with van der Waals surface area (Å²) in [6.07, 6.45) is 7.56. The van der Waals surface area contributed by atoms with Gasteiger partial charge in [-0.25, -0.2) is 4.98 Å². The second-order valence-corrected chi connectivity index (χ2v) is 7.46. The van der Waals surface area contributed by atoms with E-state index in [1.807, 2.05) is 48.0 Å². The summed E-state index contributed by atoms with van der Waals surface area (Å²) in [5.74, 6) is 0.00152. The highest BCUT2D eigenvalue weighted by molar-refractivity contribution is 7.14. The summed E-state index contributed by atoms with van der Waals surface area (Å²) in [5.41, 5.74) is 3.42. The highest BCUT2D eigenvalue weighted by atomic mass is 32.1. The molecule has 0 radical (unpaired) electrons. The lowest BCUT2D eigenvalue weighted by Crippen LogP contribution is -2.25. The molecule has 0 saturated carbocycles. The van der Waals surface area contributed by atoms with Gasteiger partial charge in [-0.2, -0.15) is 0 Å². The molecule has 3 aromatic rings. The Morgan fingerprint density at radius 2 is 2.08 bits per heavy atom. The van der Waals surface area contributed by atoms with E-state index in [0.29, 0.717) is 0 Å². The van der Waals surface area contributed by atoms with Gasteiger partial charge in [0.05, 0.1) is 17.2 Å². The number of aryl methyl sites for hydroxylation is 2. The first-order chi connectivity index (χ1) is 12.1. The van der Waals surface area contributed by atoms with E-state index in [1.165, 1.54) is 10.4 Å². The Balaban J connectivity index is 1.68. The molecule has 2 heterocycles. The molecule has 0 aliphatic carbocycles. The van der Waals surface area contributed by atoms with Gasteiger partial charge < -0.3 is 9.88 Å². The van der Waals surface area contributed by atoms with Gasteiger partial charge >= 0.3 is 0 Å². The minimum absolute atomic E-state index is 0.00152. The second kappa shape index (κ2) is 7.66. The van der Waals surface area contributed by atoms with E-state index in [9.17, 15) is 4.79 Å². The molecule has 1 aromatic carbocycles. The molecule has 1 atom stereocenters. The molecule has 1 N–H and O–H groups in total. The van der Waals surface area contributed by atoms with Crippen LogP contribution in [0.4, 0.5) is 0 Å². The predicted octanol–water partition coefficient (Wildman–Crippen LogP) is 4.69. The number of carbonyl (C=O) groups excluding carboxylic acids is 1. The lowest BCUT2D eigenvalue weighted by Gasteiger charge is -2.14. The molecule has 1 unspecified atom stereocenters. The molecule has 2 aromatic heterocycles. The summed E-state index contributed by atoms with van der Waals surface area (Å²) in [7, 11) is 0. The first-order valence-electron chi connectivity index (χ1n) is 8.57. The van der Waals surface area contributed by atoms with Crippen LogP contribution in [0.15, 0.2) is 49.1 Å². The monoisotopic (exact) mass is 353 g/mol. The fourth-order valence-corrected chi connectivity index (χ4v) is 3.82. The van der Waals surface area contributed by atoms with Crippen molar-refractivity contribution >= 4 is 17.2 Å². The van der Waals surface area contributed by atoms with Crippen molar-refractivity contribution in [2.75, 3.05) is 0 Å². The summed E-state index contributed by atoms with van der Waals surface area (Å²) in [6, 6.07) is 10.2. The molecular formula is C20H23N3OS. The minimum atomic E-state index is -0.0404. The molecule has 0 saturated heterocycles. The molecule has 0 aliphatic rings. The molecule has 3 rings (SSSR count). The average Bonchev–Trinajstić information content (AvgIpc) is 3.26. The van der Waals surface area contributed by atoms with Gasteiger partial charge in [-0.15, -0.1) is 11.3 Å². The predicted molar refractivity (Wildman–Crippen MR) is 102 cm³/mol. The molecular weight excluding hydrogens is 330 g/mol. The van der Waals surface area contributed by atoms with Crippen molar-refractivity contribution in [2.24, 2.45) is 0 Å². The van der Waals surface area contributed by atoms with Crippen LogP contribution in [0.5, 0.6) is 0 Å². The third kappa shape index (κ3) is 3.99. The quantitative estimate of drug-likeness (QED) is 0.699. The summed E-state index contributed by atoms with van der Waals surface area (Å²) >= 11 is 1.58. The van der Waals surface area contributed by atoms with Crippen molar-refractivity contribution < 1.29 is 4.79 Å². The molecule has 0 spiro atoms. The number of thiophene rings is 1. The van der Waals surface area contributed by atoms with Crippen LogP contribution in [0.25, 0.3) is 5.69 Å². The maximum atomic E-state index is 12.5. The van der Waals surface area contributed by atoms with Gasteiger partial charge in [0.25, 0.3) is 5.91 Å².